The van der Waals surface area contributed by atoms with Crippen molar-refractivity contribution < 1.29 is 23.1 Å². The molecule has 1 amide bonds. The average molecular weight is 373 g/mol. The molecule has 1 saturated carbocycles. The smallest absolute Gasteiger partial charge is 0.317 e. The van der Waals surface area contributed by atoms with E-state index in [-0.39, 0.29) is 11.5 Å². The molecule has 0 bridgehead atoms. The topological polar surface area (TPSA) is 55.4 Å². The molecule has 0 aliphatic heterocycles. The van der Waals surface area contributed by atoms with E-state index in [2.05, 4.69) is 5.32 Å². The maximum Gasteiger partial charge on any atom is 0.317 e. The van der Waals surface area contributed by atoms with Crippen molar-refractivity contribution in [3.8, 4) is 0 Å². The van der Waals surface area contributed by atoms with Crippen molar-refractivity contribution in [1.82, 2.24) is 0 Å². The van der Waals surface area contributed by atoms with Crippen LogP contribution in [0.4, 0.5) is 14.5 Å². The minimum atomic E-state index is -1.09. The Bertz CT molecular complexity index is 830. The number of amides is 1. The zero-order chi connectivity index (χ0) is 19.4. The number of esters is 1. The zero-order valence-corrected chi connectivity index (χ0v) is 15.0. The Labute approximate surface area is 156 Å². The Hall–Kier alpha value is -2.76. The molecule has 0 unspecified atom stereocenters. The van der Waals surface area contributed by atoms with E-state index in [1.165, 1.54) is 37.3 Å². The maximum absolute atomic E-state index is 13.7. The van der Waals surface area contributed by atoms with E-state index < -0.39 is 29.2 Å². The first kappa shape index (κ1) is 19.0. The summed E-state index contributed by atoms with van der Waals surface area (Å²) in [7, 11) is 0. The quantitative estimate of drug-likeness (QED) is 0.793. The van der Waals surface area contributed by atoms with Crippen LogP contribution in [0.25, 0.3) is 0 Å². The van der Waals surface area contributed by atoms with Crippen molar-refractivity contribution in [3.63, 3.8) is 0 Å². The first-order valence-corrected chi connectivity index (χ1v) is 8.95. The van der Waals surface area contributed by atoms with Crippen molar-refractivity contribution >= 4 is 17.6 Å². The summed E-state index contributed by atoms with van der Waals surface area (Å²) >= 11 is 0. The van der Waals surface area contributed by atoms with Gasteiger partial charge in [-0.05, 0) is 49.6 Å². The second-order valence-corrected chi connectivity index (χ2v) is 6.81. The summed E-state index contributed by atoms with van der Waals surface area (Å²) in [5.74, 6) is -2.07. The van der Waals surface area contributed by atoms with Crippen molar-refractivity contribution in [2.45, 2.75) is 44.1 Å². The normalized spacial score (nSPS) is 16.6. The molecule has 0 spiro atoms. The fourth-order valence-electron chi connectivity index (χ4n) is 3.48. The van der Waals surface area contributed by atoms with Crippen molar-refractivity contribution in [2.75, 3.05) is 5.32 Å². The van der Waals surface area contributed by atoms with Crippen LogP contribution in [-0.2, 0) is 19.7 Å². The van der Waals surface area contributed by atoms with E-state index in [4.69, 9.17) is 4.74 Å². The number of nitrogens with one attached hydrogen (secondary N) is 1. The van der Waals surface area contributed by atoms with Crippen molar-refractivity contribution in [3.05, 3.63) is 65.7 Å². The van der Waals surface area contributed by atoms with E-state index >= 15 is 0 Å². The standard InChI is InChI=1S/C21H21F2NO3/c1-14(19(25)24-18-7-3-2-6-17(18)23)27-20(26)21(12-4-5-13-21)15-8-10-16(22)11-9-15/h2-3,6-11,14H,4-5,12-13H2,1H3,(H,24,25)/t14-/m1/s1. The molecule has 1 aliphatic carbocycles. The van der Waals surface area contributed by atoms with Gasteiger partial charge in [-0.1, -0.05) is 37.1 Å². The van der Waals surface area contributed by atoms with Gasteiger partial charge in [0.05, 0.1) is 11.1 Å². The molecule has 2 aromatic carbocycles. The SMILES string of the molecule is C[C@@H](OC(=O)C1(c2ccc(F)cc2)CCCC1)C(=O)Nc1ccccc1F. The first-order chi connectivity index (χ1) is 12.9. The van der Waals surface area contributed by atoms with Gasteiger partial charge in [-0.15, -0.1) is 0 Å². The third-order valence-corrected chi connectivity index (χ3v) is 5.03. The van der Waals surface area contributed by atoms with Gasteiger partial charge < -0.3 is 10.1 Å². The van der Waals surface area contributed by atoms with Crippen LogP contribution in [0.5, 0.6) is 0 Å². The third-order valence-electron chi connectivity index (χ3n) is 5.03. The number of hydrogen-bond donors (Lipinski definition) is 1. The Morgan fingerprint density at radius 1 is 1.04 bits per heavy atom. The molecule has 0 heterocycles. The molecule has 3 rings (SSSR count). The number of benzene rings is 2. The Kier molecular flexibility index (Phi) is 5.54. The van der Waals surface area contributed by atoms with Gasteiger partial charge in [0.2, 0.25) is 0 Å². The molecule has 142 valence electrons. The lowest BCUT2D eigenvalue weighted by atomic mass is 9.79. The van der Waals surface area contributed by atoms with Gasteiger partial charge in [0.15, 0.2) is 6.10 Å². The van der Waals surface area contributed by atoms with Gasteiger partial charge in [-0.25, -0.2) is 8.78 Å². The van der Waals surface area contributed by atoms with Gasteiger partial charge in [0.1, 0.15) is 11.6 Å². The highest BCUT2D eigenvalue weighted by molar-refractivity contribution is 5.96. The first-order valence-electron chi connectivity index (χ1n) is 8.95. The van der Waals surface area contributed by atoms with Gasteiger partial charge in [-0.3, -0.25) is 9.59 Å². The second kappa shape index (κ2) is 7.86. The number of hydrogen-bond acceptors (Lipinski definition) is 3. The van der Waals surface area contributed by atoms with Crippen LogP contribution in [-0.4, -0.2) is 18.0 Å². The predicted octanol–water partition coefficient (Wildman–Crippen LogP) is 4.35. The average Bonchev–Trinajstić information content (AvgIpc) is 3.15. The van der Waals surface area contributed by atoms with Gasteiger partial charge >= 0.3 is 5.97 Å². The molecular weight excluding hydrogens is 352 g/mol. The lowest BCUT2D eigenvalue weighted by Crippen LogP contribution is -2.40. The van der Waals surface area contributed by atoms with Crippen LogP contribution in [0.15, 0.2) is 48.5 Å². The molecule has 27 heavy (non-hydrogen) atoms. The number of anilines is 1. The minimum absolute atomic E-state index is 0.0273. The summed E-state index contributed by atoms with van der Waals surface area (Å²) in [6, 6.07) is 11.6. The van der Waals surface area contributed by atoms with Crippen LogP contribution in [0.3, 0.4) is 0 Å². The number of carbonyl (C=O) groups is 2. The molecular formula is C21H21F2NO3. The largest absolute Gasteiger partial charge is 0.452 e. The summed E-state index contributed by atoms with van der Waals surface area (Å²) < 4.78 is 32.4. The minimum Gasteiger partial charge on any atom is -0.452 e. The van der Waals surface area contributed by atoms with E-state index in [1.54, 1.807) is 18.2 Å². The van der Waals surface area contributed by atoms with Crippen LogP contribution < -0.4 is 5.32 Å². The Morgan fingerprint density at radius 3 is 2.30 bits per heavy atom. The van der Waals surface area contributed by atoms with Crippen LogP contribution >= 0.6 is 0 Å². The summed E-state index contributed by atoms with van der Waals surface area (Å²) in [5, 5.41) is 2.42. The second-order valence-electron chi connectivity index (χ2n) is 6.81. The van der Waals surface area contributed by atoms with Crippen LogP contribution in [0.2, 0.25) is 0 Å². The number of rotatable bonds is 5. The number of ether oxygens (including phenoxy) is 1. The summed E-state index contributed by atoms with van der Waals surface area (Å²) in [5.41, 5.74) is -0.159. The molecule has 1 fully saturated rings. The molecule has 1 aliphatic rings. The number of carbonyl (C=O) groups excluding carboxylic acids is 2. The predicted molar refractivity (Wildman–Crippen MR) is 97.1 cm³/mol. The van der Waals surface area contributed by atoms with E-state index in [1.807, 2.05) is 0 Å². The van der Waals surface area contributed by atoms with Crippen LogP contribution in [0, 0.1) is 11.6 Å². The summed E-state index contributed by atoms with van der Waals surface area (Å²) in [6.45, 7) is 1.45. The fraction of sp³-hybridized carbons (Fsp3) is 0.333. The highest BCUT2D eigenvalue weighted by Gasteiger charge is 2.45. The van der Waals surface area contributed by atoms with Crippen LogP contribution in [0.1, 0.15) is 38.2 Å². The van der Waals surface area contributed by atoms with Crippen molar-refractivity contribution in [1.29, 1.82) is 0 Å². The lowest BCUT2D eigenvalue weighted by molar-refractivity contribution is -0.159. The summed E-state index contributed by atoms with van der Waals surface area (Å²) in [4.78, 5) is 25.2. The van der Waals surface area contributed by atoms with Gasteiger partial charge in [0.25, 0.3) is 5.91 Å². The highest BCUT2D eigenvalue weighted by atomic mass is 19.1. The molecule has 4 nitrogen and oxygen atoms in total. The highest BCUT2D eigenvalue weighted by Crippen LogP contribution is 2.42. The van der Waals surface area contributed by atoms with Crippen molar-refractivity contribution in [2.24, 2.45) is 0 Å². The molecule has 0 aromatic heterocycles. The molecule has 2 aromatic rings. The number of halogens is 2. The van der Waals surface area contributed by atoms with E-state index in [0.29, 0.717) is 18.4 Å². The molecule has 0 saturated heterocycles. The zero-order valence-electron chi connectivity index (χ0n) is 15.0. The fourth-order valence-corrected chi connectivity index (χ4v) is 3.48. The Morgan fingerprint density at radius 2 is 1.67 bits per heavy atom. The van der Waals surface area contributed by atoms with Gasteiger partial charge in [0, 0.05) is 0 Å². The Balaban J connectivity index is 1.73. The van der Waals surface area contributed by atoms with E-state index in [0.717, 1.165) is 12.8 Å². The van der Waals surface area contributed by atoms with E-state index in [9.17, 15) is 18.4 Å². The maximum atomic E-state index is 13.7. The van der Waals surface area contributed by atoms with Gasteiger partial charge in [-0.2, -0.15) is 0 Å². The lowest BCUT2D eigenvalue weighted by Gasteiger charge is -2.28. The molecule has 1 atom stereocenters. The molecule has 0 radical (unpaired) electrons. The third kappa shape index (κ3) is 3.99. The number of para-hydroxylation sites is 1. The summed E-state index contributed by atoms with van der Waals surface area (Å²) in [6.07, 6.45) is 1.78. The molecule has 1 N–H and O–H groups in total. The molecule has 6 heteroatoms. The monoisotopic (exact) mass is 373 g/mol.